The molecule has 0 aliphatic carbocycles. The molecule has 0 fully saturated rings. The molecule has 0 bridgehead atoms. The summed E-state index contributed by atoms with van der Waals surface area (Å²) in [6.07, 6.45) is 1.57. The Hall–Kier alpha value is -5.27. The number of aromatic nitrogens is 1. The van der Waals surface area contributed by atoms with Crippen LogP contribution in [-0.4, -0.2) is 16.7 Å². The van der Waals surface area contributed by atoms with E-state index in [9.17, 15) is 9.18 Å². The summed E-state index contributed by atoms with van der Waals surface area (Å²) in [6.45, 7) is 0.312. The first-order chi connectivity index (χ1) is 21.5. The maximum absolute atomic E-state index is 13.1. The number of amides is 1. The van der Waals surface area contributed by atoms with E-state index in [0.717, 1.165) is 43.8 Å². The highest BCUT2D eigenvalue weighted by molar-refractivity contribution is 9.10. The van der Waals surface area contributed by atoms with Gasteiger partial charge in [-0.15, -0.1) is 0 Å². The van der Waals surface area contributed by atoms with Crippen molar-refractivity contribution in [2.75, 3.05) is 0 Å². The molecule has 1 N–H and O–H groups in total. The van der Waals surface area contributed by atoms with Gasteiger partial charge in [-0.1, -0.05) is 72.8 Å². The van der Waals surface area contributed by atoms with Gasteiger partial charge in [0.15, 0.2) is 0 Å². The molecule has 0 aliphatic heterocycles. The minimum Gasteiger partial charge on any atom is -0.488 e. The number of nitrogens with zero attached hydrogens (tertiary/aromatic N) is 2. The molecule has 5 aromatic carbocycles. The minimum atomic E-state index is -0.315. The zero-order valence-corrected chi connectivity index (χ0v) is 25.1. The van der Waals surface area contributed by atoms with Crippen LogP contribution in [0.5, 0.6) is 5.75 Å². The molecule has 216 valence electrons. The maximum Gasteiger partial charge on any atom is 0.271 e. The molecule has 6 aromatic rings. The van der Waals surface area contributed by atoms with Gasteiger partial charge in [0.2, 0.25) is 0 Å². The van der Waals surface area contributed by atoms with Crippen LogP contribution in [0, 0.1) is 5.82 Å². The number of hydrogen-bond acceptors (Lipinski definition) is 3. The highest BCUT2D eigenvalue weighted by atomic mass is 79.9. The molecule has 0 atom stereocenters. The fourth-order valence-corrected chi connectivity index (χ4v) is 5.34. The van der Waals surface area contributed by atoms with Crippen molar-refractivity contribution in [3.05, 3.63) is 167 Å². The summed E-state index contributed by atoms with van der Waals surface area (Å²) in [5.74, 6) is 0.0452. The van der Waals surface area contributed by atoms with Gasteiger partial charge in [0, 0.05) is 11.3 Å². The fourth-order valence-electron chi connectivity index (χ4n) is 4.83. The summed E-state index contributed by atoms with van der Waals surface area (Å²) >= 11 is 3.52. The predicted molar refractivity (Wildman–Crippen MR) is 177 cm³/mol. The number of nitrogens with one attached hydrogen (secondary N) is 1. The zero-order valence-electron chi connectivity index (χ0n) is 23.5. The highest BCUT2D eigenvalue weighted by Gasteiger charge is 2.14. The van der Waals surface area contributed by atoms with Crippen LogP contribution in [0.15, 0.2) is 149 Å². The molecular formula is C37H27BrFN3O2. The Morgan fingerprint density at radius 3 is 1.98 bits per heavy atom. The van der Waals surface area contributed by atoms with Crippen molar-refractivity contribution in [1.82, 2.24) is 9.99 Å². The Morgan fingerprint density at radius 2 is 1.39 bits per heavy atom. The molecule has 0 radical (unpaired) electrons. The molecule has 0 unspecified atom stereocenters. The van der Waals surface area contributed by atoms with Gasteiger partial charge in [-0.25, -0.2) is 9.82 Å². The normalized spacial score (nSPS) is 11.0. The largest absolute Gasteiger partial charge is 0.488 e. The van der Waals surface area contributed by atoms with Gasteiger partial charge in [0.1, 0.15) is 18.2 Å². The summed E-state index contributed by atoms with van der Waals surface area (Å²) in [4.78, 5) is 12.9. The molecule has 1 heterocycles. The molecule has 0 saturated heterocycles. The average Bonchev–Trinajstić information content (AvgIpc) is 3.51. The number of hydrazone groups is 1. The van der Waals surface area contributed by atoms with E-state index in [1.165, 1.54) is 12.1 Å². The van der Waals surface area contributed by atoms with Gasteiger partial charge >= 0.3 is 0 Å². The van der Waals surface area contributed by atoms with Crippen LogP contribution < -0.4 is 10.2 Å². The fraction of sp³-hybridized carbons (Fsp3) is 0.0270. The van der Waals surface area contributed by atoms with E-state index in [1.54, 1.807) is 30.5 Å². The Balaban J connectivity index is 1.14. The first-order valence-corrected chi connectivity index (χ1v) is 14.8. The molecule has 0 aliphatic rings. The lowest BCUT2D eigenvalue weighted by molar-refractivity contribution is 0.0955. The van der Waals surface area contributed by atoms with Crippen molar-refractivity contribution in [3.8, 4) is 34.0 Å². The second-order valence-electron chi connectivity index (χ2n) is 10.0. The van der Waals surface area contributed by atoms with Gasteiger partial charge in [-0.3, -0.25) is 4.79 Å². The van der Waals surface area contributed by atoms with Crippen molar-refractivity contribution in [2.45, 2.75) is 6.61 Å². The maximum atomic E-state index is 13.1. The van der Waals surface area contributed by atoms with Gasteiger partial charge in [-0.2, -0.15) is 5.10 Å². The molecule has 6 rings (SSSR count). The lowest BCUT2D eigenvalue weighted by Gasteiger charge is -2.15. The van der Waals surface area contributed by atoms with E-state index in [0.29, 0.717) is 17.9 Å². The van der Waals surface area contributed by atoms with Crippen LogP contribution in [0.4, 0.5) is 4.39 Å². The van der Waals surface area contributed by atoms with E-state index in [-0.39, 0.29) is 11.7 Å². The Kier molecular flexibility index (Phi) is 8.75. The lowest BCUT2D eigenvalue weighted by atomic mass is 10.1. The summed E-state index contributed by atoms with van der Waals surface area (Å²) in [5.41, 5.74) is 10.0. The average molecular weight is 645 g/mol. The van der Waals surface area contributed by atoms with Crippen molar-refractivity contribution in [3.63, 3.8) is 0 Å². The smallest absolute Gasteiger partial charge is 0.271 e. The summed E-state index contributed by atoms with van der Waals surface area (Å²) in [7, 11) is 0. The van der Waals surface area contributed by atoms with Gasteiger partial charge < -0.3 is 9.30 Å². The first-order valence-electron chi connectivity index (χ1n) is 14.0. The van der Waals surface area contributed by atoms with E-state index in [4.69, 9.17) is 4.74 Å². The monoisotopic (exact) mass is 643 g/mol. The number of rotatable bonds is 9. The molecule has 1 aromatic heterocycles. The minimum absolute atomic E-state index is 0.283. The standard InChI is InChI=1S/C37H27BrFN3O2/c38-33-23-27(13-22-36(33)44-25-26-11-16-31(39)17-12-26)24-40-41-37(43)30-14-18-32(19-15-30)42-34(28-7-3-1-4-8-28)20-21-35(42)29-9-5-2-6-10-29/h1-24H,25H2,(H,41,43)/b40-24-. The number of ether oxygens (including phenoxy) is 1. The highest BCUT2D eigenvalue weighted by Crippen LogP contribution is 2.32. The van der Waals surface area contributed by atoms with E-state index in [1.807, 2.05) is 66.7 Å². The molecule has 1 amide bonds. The third-order valence-electron chi connectivity index (χ3n) is 7.05. The van der Waals surface area contributed by atoms with Crippen LogP contribution >= 0.6 is 15.9 Å². The third-order valence-corrected chi connectivity index (χ3v) is 7.67. The molecule has 0 spiro atoms. The van der Waals surface area contributed by atoms with Crippen LogP contribution in [0.1, 0.15) is 21.5 Å². The molecule has 5 nitrogen and oxygen atoms in total. The number of benzene rings is 5. The second-order valence-corrected chi connectivity index (χ2v) is 10.9. The molecule has 0 saturated carbocycles. The lowest BCUT2D eigenvalue weighted by Crippen LogP contribution is -2.17. The van der Waals surface area contributed by atoms with E-state index in [2.05, 4.69) is 67.4 Å². The first kappa shape index (κ1) is 28.8. The van der Waals surface area contributed by atoms with E-state index < -0.39 is 0 Å². The van der Waals surface area contributed by atoms with Crippen molar-refractivity contribution >= 4 is 28.1 Å². The van der Waals surface area contributed by atoms with Crippen LogP contribution in [0.2, 0.25) is 0 Å². The SMILES string of the molecule is O=C(N/N=C\c1ccc(OCc2ccc(F)cc2)c(Br)c1)c1ccc(-n2c(-c3ccccc3)ccc2-c2ccccc2)cc1. The van der Waals surface area contributed by atoms with Crippen molar-refractivity contribution in [1.29, 1.82) is 0 Å². The predicted octanol–water partition coefficient (Wildman–Crippen LogP) is 9.06. The van der Waals surface area contributed by atoms with Crippen molar-refractivity contribution in [2.24, 2.45) is 5.10 Å². The molecular weight excluding hydrogens is 617 g/mol. The van der Waals surface area contributed by atoms with Gasteiger partial charge in [0.25, 0.3) is 5.91 Å². The zero-order chi connectivity index (χ0) is 30.3. The number of halogens is 2. The van der Waals surface area contributed by atoms with Crippen LogP contribution in [-0.2, 0) is 6.61 Å². The molecule has 44 heavy (non-hydrogen) atoms. The quantitative estimate of drug-likeness (QED) is 0.126. The summed E-state index contributed by atoms with van der Waals surface area (Å²) in [6, 6.07) is 43.9. The topological polar surface area (TPSA) is 55.6 Å². The Morgan fingerprint density at radius 1 is 0.773 bits per heavy atom. The summed E-state index contributed by atoms with van der Waals surface area (Å²) in [5, 5.41) is 4.14. The summed E-state index contributed by atoms with van der Waals surface area (Å²) < 4.78 is 21.9. The van der Waals surface area contributed by atoms with Crippen molar-refractivity contribution < 1.29 is 13.9 Å². The number of carbonyl (C=O) groups excluding carboxylic acids is 1. The van der Waals surface area contributed by atoms with Crippen LogP contribution in [0.25, 0.3) is 28.2 Å². The van der Waals surface area contributed by atoms with E-state index >= 15 is 0 Å². The Labute approximate surface area is 263 Å². The molecule has 7 heteroatoms. The second kappa shape index (κ2) is 13.4. The van der Waals surface area contributed by atoms with Gasteiger partial charge in [-0.05, 0) is 105 Å². The van der Waals surface area contributed by atoms with Gasteiger partial charge in [0.05, 0.1) is 22.1 Å². The van der Waals surface area contributed by atoms with Crippen LogP contribution in [0.3, 0.4) is 0 Å². The number of hydrogen-bond donors (Lipinski definition) is 1. The Bertz CT molecular complexity index is 1850. The number of carbonyl (C=O) groups is 1. The third kappa shape index (κ3) is 6.69.